The van der Waals surface area contributed by atoms with Gasteiger partial charge in [-0.2, -0.15) is 4.98 Å². The molecule has 3 aromatic rings. The van der Waals surface area contributed by atoms with Crippen molar-refractivity contribution in [1.82, 2.24) is 29.8 Å². The molecule has 8 heteroatoms. The molecule has 0 saturated carbocycles. The average Bonchev–Trinajstić information content (AvgIpc) is 3.07. The molecule has 2 aromatic heterocycles. The van der Waals surface area contributed by atoms with Gasteiger partial charge < -0.3 is 10.2 Å². The van der Waals surface area contributed by atoms with Gasteiger partial charge in [-0.05, 0) is 30.7 Å². The molecule has 0 spiro atoms. The summed E-state index contributed by atoms with van der Waals surface area (Å²) in [5, 5.41) is 7.54. The van der Waals surface area contributed by atoms with Crippen molar-refractivity contribution in [3.8, 4) is 0 Å². The first-order chi connectivity index (χ1) is 12.1. The second kappa shape index (κ2) is 6.21. The number of piperazine rings is 1. The highest BCUT2D eigenvalue weighted by Gasteiger charge is 2.31. The molecule has 1 aliphatic rings. The number of fused-ring (bicyclic) bond motifs is 1. The van der Waals surface area contributed by atoms with Crippen LogP contribution in [0.2, 0.25) is 0 Å². The fraction of sp³-hybridized carbons (Fsp3) is 0.294. The molecule has 1 aliphatic heterocycles. The summed E-state index contributed by atoms with van der Waals surface area (Å²) in [6, 6.07) is 7.86. The summed E-state index contributed by atoms with van der Waals surface area (Å²) in [5.41, 5.74) is 1.59. The number of nitrogens with zero attached hydrogens (tertiary/aromatic N) is 5. The highest BCUT2D eigenvalue weighted by atomic mass is 19.1. The summed E-state index contributed by atoms with van der Waals surface area (Å²) in [4.78, 5) is 23.1. The Bertz CT molecular complexity index is 940. The predicted octanol–water partition coefficient (Wildman–Crippen LogP) is 1.36. The molecule has 0 radical (unpaired) electrons. The van der Waals surface area contributed by atoms with E-state index in [1.807, 2.05) is 13.0 Å². The van der Waals surface area contributed by atoms with E-state index in [1.54, 1.807) is 27.7 Å². The van der Waals surface area contributed by atoms with Crippen molar-refractivity contribution in [2.45, 2.75) is 13.0 Å². The Kier molecular flexibility index (Phi) is 3.89. The molecule has 1 amide bonds. The standard InChI is InChI=1S/C17H17FN6O/c1-11-5-6-20-17-21-15(22-24(11)17)16(25)23-8-7-19-10-14(23)12-3-2-4-13(18)9-12/h2-6,9,14,19H,7-8,10H2,1H3. The number of benzene rings is 1. The first-order valence-corrected chi connectivity index (χ1v) is 8.09. The molecule has 7 nitrogen and oxygen atoms in total. The maximum atomic E-state index is 13.6. The van der Waals surface area contributed by atoms with Gasteiger partial charge in [-0.3, -0.25) is 4.79 Å². The largest absolute Gasteiger partial charge is 0.326 e. The zero-order valence-electron chi connectivity index (χ0n) is 13.7. The molecule has 1 N–H and O–H groups in total. The van der Waals surface area contributed by atoms with Gasteiger partial charge in [-0.1, -0.05) is 12.1 Å². The third-order valence-corrected chi connectivity index (χ3v) is 4.36. The van der Waals surface area contributed by atoms with E-state index in [-0.39, 0.29) is 23.6 Å². The Hall–Kier alpha value is -2.87. The van der Waals surface area contributed by atoms with Crippen LogP contribution in [0.15, 0.2) is 36.5 Å². The molecule has 0 bridgehead atoms. The monoisotopic (exact) mass is 340 g/mol. The minimum atomic E-state index is -0.318. The second-order valence-corrected chi connectivity index (χ2v) is 6.01. The Morgan fingerprint density at radius 2 is 2.24 bits per heavy atom. The lowest BCUT2D eigenvalue weighted by atomic mass is 10.0. The summed E-state index contributed by atoms with van der Waals surface area (Å²) < 4.78 is 15.1. The van der Waals surface area contributed by atoms with E-state index < -0.39 is 0 Å². The van der Waals surface area contributed by atoms with Crippen LogP contribution in [-0.4, -0.2) is 50.0 Å². The molecule has 1 atom stereocenters. The van der Waals surface area contributed by atoms with Crippen LogP contribution in [0.3, 0.4) is 0 Å². The molecule has 4 rings (SSSR count). The van der Waals surface area contributed by atoms with Gasteiger partial charge in [0, 0.05) is 31.5 Å². The lowest BCUT2D eigenvalue weighted by Crippen LogP contribution is -2.49. The number of halogens is 1. The van der Waals surface area contributed by atoms with E-state index in [9.17, 15) is 9.18 Å². The van der Waals surface area contributed by atoms with Crippen molar-refractivity contribution in [2.24, 2.45) is 0 Å². The Morgan fingerprint density at radius 1 is 1.36 bits per heavy atom. The van der Waals surface area contributed by atoms with Gasteiger partial charge in [0.1, 0.15) is 5.82 Å². The van der Waals surface area contributed by atoms with Gasteiger partial charge >= 0.3 is 0 Å². The summed E-state index contributed by atoms with van der Waals surface area (Å²) in [7, 11) is 0. The molecule has 25 heavy (non-hydrogen) atoms. The van der Waals surface area contributed by atoms with Gasteiger partial charge in [0.2, 0.25) is 5.82 Å². The first-order valence-electron chi connectivity index (χ1n) is 8.09. The van der Waals surface area contributed by atoms with Crippen molar-refractivity contribution in [3.05, 3.63) is 59.4 Å². The van der Waals surface area contributed by atoms with Crippen molar-refractivity contribution < 1.29 is 9.18 Å². The van der Waals surface area contributed by atoms with Gasteiger partial charge in [0.25, 0.3) is 11.7 Å². The highest BCUT2D eigenvalue weighted by molar-refractivity contribution is 5.91. The van der Waals surface area contributed by atoms with Gasteiger partial charge in [0.15, 0.2) is 0 Å². The fourth-order valence-corrected chi connectivity index (χ4v) is 3.08. The molecule has 3 heterocycles. The predicted molar refractivity (Wildman–Crippen MR) is 88.6 cm³/mol. The van der Waals surface area contributed by atoms with Crippen LogP contribution in [0.5, 0.6) is 0 Å². The number of aromatic nitrogens is 4. The van der Waals surface area contributed by atoms with Crippen molar-refractivity contribution in [2.75, 3.05) is 19.6 Å². The highest BCUT2D eigenvalue weighted by Crippen LogP contribution is 2.24. The number of carbonyl (C=O) groups is 1. The van der Waals surface area contributed by atoms with Crippen molar-refractivity contribution in [3.63, 3.8) is 0 Å². The zero-order chi connectivity index (χ0) is 17.4. The molecule has 1 saturated heterocycles. The van der Waals surface area contributed by atoms with Crippen molar-refractivity contribution >= 4 is 11.7 Å². The van der Waals surface area contributed by atoms with Gasteiger partial charge in [-0.25, -0.2) is 13.9 Å². The van der Waals surface area contributed by atoms with Crippen LogP contribution in [0.25, 0.3) is 5.78 Å². The first kappa shape index (κ1) is 15.6. The van der Waals surface area contributed by atoms with E-state index >= 15 is 0 Å². The van der Waals surface area contributed by atoms with Crippen LogP contribution < -0.4 is 5.32 Å². The topological polar surface area (TPSA) is 75.4 Å². The number of hydrogen-bond acceptors (Lipinski definition) is 5. The van der Waals surface area contributed by atoms with Gasteiger partial charge in [-0.15, -0.1) is 5.10 Å². The summed E-state index contributed by atoms with van der Waals surface area (Å²) in [6.07, 6.45) is 1.63. The molecule has 128 valence electrons. The third-order valence-electron chi connectivity index (χ3n) is 4.36. The molecule has 1 fully saturated rings. The van der Waals surface area contributed by atoms with E-state index in [4.69, 9.17) is 0 Å². The number of nitrogens with one attached hydrogen (secondary N) is 1. The molecule has 1 aromatic carbocycles. The normalized spacial score (nSPS) is 17.8. The SMILES string of the molecule is Cc1ccnc2nc(C(=O)N3CCNCC3c3cccc(F)c3)nn12. The number of hydrogen-bond donors (Lipinski definition) is 1. The van der Waals surface area contributed by atoms with Crippen LogP contribution in [0.4, 0.5) is 4.39 Å². The third kappa shape index (κ3) is 2.85. The molecular formula is C17H17FN6O. The number of amides is 1. The average molecular weight is 340 g/mol. The van der Waals surface area contributed by atoms with Crippen molar-refractivity contribution in [1.29, 1.82) is 0 Å². The van der Waals surface area contributed by atoms with E-state index in [0.717, 1.165) is 11.3 Å². The summed E-state index contributed by atoms with van der Waals surface area (Å²) in [5.74, 6) is -0.104. The Labute approximate surface area is 143 Å². The quantitative estimate of drug-likeness (QED) is 0.762. The summed E-state index contributed by atoms with van der Waals surface area (Å²) in [6.45, 7) is 3.60. The van der Waals surface area contributed by atoms with E-state index in [2.05, 4.69) is 20.4 Å². The minimum absolute atomic E-state index is 0.102. The maximum Gasteiger partial charge on any atom is 0.294 e. The molecular weight excluding hydrogens is 323 g/mol. The van der Waals surface area contributed by atoms with E-state index in [0.29, 0.717) is 25.4 Å². The Balaban J connectivity index is 1.69. The number of carbonyl (C=O) groups excluding carboxylic acids is 1. The lowest BCUT2D eigenvalue weighted by molar-refractivity contribution is 0.0621. The van der Waals surface area contributed by atoms with Crippen LogP contribution >= 0.6 is 0 Å². The Morgan fingerprint density at radius 3 is 3.04 bits per heavy atom. The maximum absolute atomic E-state index is 13.6. The van der Waals surface area contributed by atoms with Gasteiger partial charge in [0.05, 0.1) is 6.04 Å². The summed E-state index contributed by atoms with van der Waals surface area (Å²) >= 11 is 0. The van der Waals surface area contributed by atoms with Crippen LogP contribution in [0.1, 0.15) is 27.9 Å². The lowest BCUT2D eigenvalue weighted by Gasteiger charge is -2.35. The molecule has 1 unspecified atom stereocenters. The molecule has 0 aliphatic carbocycles. The number of aryl methyl sites for hydroxylation is 1. The van der Waals surface area contributed by atoms with Crippen LogP contribution in [0, 0.1) is 12.7 Å². The second-order valence-electron chi connectivity index (χ2n) is 6.01. The minimum Gasteiger partial charge on any atom is -0.326 e. The fourth-order valence-electron chi connectivity index (χ4n) is 3.08. The smallest absolute Gasteiger partial charge is 0.294 e. The zero-order valence-corrected chi connectivity index (χ0v) is 13.7. The van der Waals surface area contributed by atoms with Crippen LogP contribution in [-0.2, 0) is 0 Å². The number of rotatable bonds is 2. The van der Waals surface area contributed by atoms with E-state index in [1.165, 1.54) is 12.1 Å².